The van der Waals surface area contributed by atoms with E-state index in [-0.39, 0.29) is 0 Å². The zero-order valence-electron chi connectivity index (χ0n) is 10.6. The van der Waals surface area contributed by atoms with Gasteiger partial charge in [0.2, 0.25) is 0 Å². The van der Waals surface area contributed by atoms with Crippen LogP contribution in [0.5, 0.6) is 0 Å². The summed E-state index contributed by atoms with van der Waals surface area (Å²) in [7, 11) is -1.67. The van der Waals surface area contributed by atoms with Crippen molar-refractivity contribution in [2.75, 3.05) is 0 Å². The maximum atomic E-state index is 4.17. The Morgan fingerprint density at radius 2 is 1.40 bits per heavy atom. The lowest BCUT2D eigenvalue weighted by Gasteiger charge is -2.41. The maximum absolute atomic E-state index is 4.17. The van der Waals surface area contributed by atoms with Crippen LogP contribution in [0.3, 0.4) is 0 Å². The molecule has 0 N–H and O–H groups in total. The summed E-state index contributed by atoms with van der Waals surface area (Å²) < 4.78 is 2.08. The van der Waals surface area contributed by atoms with Gasteiger partial charge in [-0.25, -0.2) is 0 Å². The molecule has 0 radical (unpaired) electrons. The molecule has 15 heavy (non-hydrogen) atoms. The fraction of sp³-hybridized carbons (Fsp3) is 0.900. The number of nitrogens with zero attached hydrogens (tertiary/aromatic N) is 4. The van der Waals surface area contributed by atoms with Crippen LogP contribution in [0.4, 0.5) is 0 Å². The summed E-state index contributed by atoms with van der Waals surface area (Å²) in [6, 6.07) is 0. The normalized spacial score (nSPS) is 13.1. The molecule has 0 saturated heterocycles. The summed E-state index contributed by atoms with van der Waals surface area (Å²) in [4.78, 5) is 0. The van der Waals surface area contributed by atoms with E-state index in [1.165, 1.54) is 0 Å². The van der Waals surface area contributed by atoms with E-state index >= 15 is 0 Å². The smallest absolute Gasteiger partial charge is 0.197 e. The van der Waals surface area contributed by atoms with Gasteiger partial charge in [0.15, 0.2) is 8.24 Å². The van der Waals surface area contributed by atoms with Crippen molar-refractivity contribution in [3.8, 4) is 0 Å². The van der Waals surface area contributed by atoms with Crippen molar-refractivity contribution < 1.29 is 0 Å². The van der Waals surface area contributed by atoms with Crippen LogP contribution < -0.4 is 0 Å². The molecule has 0 amide bonds. The molecule has 0 atom stereocenters. The maximum Gasteiger partial charge on any atom is 0.197 e. The van der Waals surface area contributed by atoms with Crippen LogP contribution in [0.25, 0.3) is 0 Å². The highest BCUT2D eigenvalue weighted by Crippen LogP contribution is 2.41. The second kappa shape index (κ2) is 4.43. The van der Waals surface area contributed by atoms with Gasteiger partial charge in [-0.2, -0.15) is 0 Å². The summed E-state index contributed by atoms with van der Waals surface area (Å²) in [6.45, 7) is 13.8. The van der Waals surface area contributed by atoms with Gasteiger partial charge in [0, 0.05) is 0 Å². The quantitative estimate of drug-likeness (QED) is 0.741. The van der Waals surface area contributed by atoms with E-state index in [0.29, 0.717) is 16.6 Å². The summed E-state index contributed by atoms with van der Waals surface area (Å²) >= 11 is 0. The first-order chi connectivity index (χ1) is 6.94. The zero-order valence-corrected chi connectivity index (χ0v) is 11.6. The molecule has 4 nitrogen and oxygen atoms in total. The molecule has 0 bridgehead atoms. The molecular weight excluding hydrogens is 204 g/mol. The fourth-order valence-electron chi connectivity index (χ4n) is 3.13. The van der Waals surface area contributed by atoms with Crippen molar-refractivity contribution in [2.45, 2.75) is 58.2 Å². The van der Waals surface area contributed by atoms with Gasteiger partial charge in [-0.05, 0) is 21.8 Å². The van der Waals surface area contributed by atoms with Gasteiger partial charge >= 0.3 is 0 Å². The minimum atomic E-state index is -1.67. The standard InChI is InChI=1S/C10H22N4Si/c1-8(2)15(9(3)4,10(5)6)14-7-11-12-13-14/h7-10H,1-6H3. The third-order valence-corrected chi connectivity index (χ3v) is 10.1. The Bertz CT molecular complexity index is 271. The Hall–Kier alpha value is -0.713. The molecule has 0 aliphatic heterocycles. The number of hydrogen-bond acceptors (Lipinski definition) is 3. The Morgan fingerprint density at radius 1 is 0.933 bits per heavy atom. The Kier molecular flexibility index (Phi) is 3.65. The van der Waals surface area contributed by atoms with E-state index in [1.807, 2.05) is 0 Å². The predicted octanol–water partition coefficient (Wildman–Crippen LogP) is 2.70. The van der Waals surface area contributed by atoms with E-state index < -0.39 is 8.24 Å². The number of tetrazole rings is 1. The van der Waals surface area contributed by atoms with Crippen molar-refractivity contribution in [1.82, 2.24) is 19.9 Å². The number of rotatable bonds is 4. The minimum absolute atomic E-state index is 0.640. The molecule has 1 heterocycles. The average molecular weight is 226 g/mol. The van der Waals surface area contributed by atoms with Gasteiger partial charge in [0.25, 0.3) is 0 Å². The topological polar surface area (TPSA) is 43.6 Å². The molecular formula is C10H22N4Si. The summed E-state index contributed by atoms with van der Waals surface area (Å²) in [5, 5.41) is 11.8. The second-order valence-electron chi connectivity index (χ2n) is 5.11. The highest BCUT2D eigenvalue weighted by molar-refractivity contribution is 6.81. The van der Waals surface area contributed by atoms with E-state index in [1.54, 1.807) is 6.33 Å². The molecule has 0 fully saturated rings. The molecule has 0 unspecified atom stereocenters. The Balaban J connectivity index is 3.27. The molecule has 0 aliphatic rings. The first-order valence-corrected chi connectivity index (χ1v) is 7.85. The molecule has 86 valence electrons. The van der Waals surface area contributed by atoms with Crippen LogP contribution in [-0.4, -0.2) is 28.1 Å². The Morgan fingerprint density at radius 3 is 1.67 bits per heavy atom. The number of hydrogen-bond donors (Lipinski definition) is 0. The summed E-state index contributed by atoms with van der Waals surface area (Å²) in [5.41, 5.74) is 1.92. The van der Waals surface area contributed by atoms with Crippen LogP contribution in [-0.2, 0) is 0 Å². The third kappa shape index (κ3) is 1.85. The van der Waals surface area contributed by atoms with Gasteiger partial charge in [0.1, 0.15) is 6.33 Å². The molecule has 5 heteroatoms. The lowest BCUT2D eigenvalue weighted by Crippen LogP contribution is -2.52. The highest BCUT2D eigenvalue weighted by atomic mass is 28.3. The van der Waals surface area contributed by atoms with Gasteiger partial charge in [-0.1, -0.05) is 46.8 Å². The van der Waals surface area contributed by atoms with Gasteiger partial charge in [0.05, 0.1) is 0 Å². The summed E-state index contributed by atoms with van der Waals surface area (Å²) in [6.07, 6.45) is 1.80. The number of aromatic nitrogens is 4. The summed E-state index contributed by atoms with van der Waals surface area (Å²) in [5.74, 6) is 0. The Labute approximate surface area is 93.2 Å². The van der Waals surface area contributed by atoms with E-state index in [4.69, 9.17) is 0 Å². The molecule has 0 aromatic carbocycles. The van der Waals surface area contributed by atoms with Gasteiger partial charge in [-0.15, -0.1) is 5.10 Å². The van der Waals surface area contributed by atoms with Crippen molar-refractivity contribution in [3.63, 3.8) is 0 Å². The van der Waals surface area contributed by atoms with Crippen LogP contribution in [0.2, 0.25) is 16.6 Å². The lowest BCUT2D eigenvalue weighted by molar-refractivity contribution is 0.702. The zero-order chi connectivity index (χ0) is 11.6. The molecule has 0 saturated carbocycles. The molecule has 0 spiro atoms. The fourth-order valence-corrected chi connectivity index (χ4v) is 9.17. The molecule has 1 aromatic rings. The molecule has 0 aliphatic carbocycles. The van der Waals surface area contributed by atoms with Crippen molar-refractivity contribution in [3.05, 3.63) is 6.33 Å². The van der Waals surface area contributed by atoms with Crippen LogP contribution >= 0.6 is 0 Å². The first kappa shape index (κ1) is 12.4. The largest absolute Gasteiger partial charge is 0.263 e. The van der Waals surface area contributed by atoms with Crippen LogP contribution in [0.1, 0.15) is 41.5 Å². The lowest BCUT2D eigenvalue weighted by atomic mass is 10.5. The van der Waals surface area contributed by atoms with E-state index in [0.717, 1.165) is 0 Å². The third-order valence-electron chi connectivity index (χ3n) is 3.52. The van der Waals surface area contributed by atoms with Gasteiger partial charge < -0.3 is 0 Å². The van der Waals surface area contributed by atoms with Crippen LogP contribution in [0.15, 0.2) is 6.33 Å². The van der Waals surface area contributed by atoms with E-state index in [2.05, 4.69) is 61.4 Å². The first-order valence-electron chi connectivity index (χ1n) is 5.67. The van der Waals surface area contributed by atoms with Crippen LogP contribution in [0, 0.1) is 0 Å². The predicted molar refractivity (Wildman–Crippen MR) is 64.3 cm³/mol. The van der Waals surface area contributed by atoms with Crippen molar-refractivity contribution in [1.29, 1.82) is 0 Å². The monoisotopic (exact) mass is 226 g/mol. The van der Waals surface area contributed by atoms with E-state index in [9.17, 15) is 0 Å². The van der Waals surface area contributed by atoms with Crippen molar-refractivity contribution >= 4 is 8.24 Å². The second-order valence-corrected chi connectivity index (χ2v) is 10.8. The van der Waals surface area contributed by atoms with Crippen molar-refractivity contribution in [2.24, 2.45) is 0 Å². The SMILES string of the molecule is CC(C)[Si](C(C)C)(C(C)C)n1cnnn1. The highest BCUT2D eigenvalue weighted by Gasteiger charge is 2.46. The molecule has 1 rings (SSSR count). The minimum Gasteiger partial charge on any atom is -0.263 e. The molecule has 1 aromatic heterocycles. The average Bonchev–Trinajstić information content (AvgIpc) is 2.55. The van der Waals surface area contributed by atoms with Gasteiger partial charge in [-0.3, -0.25) is 4.35 Å².